The first-order valence-corrected chi connectivity index (χ1v) is 15.5. The Morgan fingerprint density at radius 1 is 1.14 bits per heavy atom. The van der Waals surface area contributed by atoms with Crippen LogP contribution in [0.5, 0.6) is 0 Å². The van der Waals surface area contributed by atoms with E-state index < -0.39 is 23.5 Å². The molecule has 0 bridgehead atoms. The number of β-amino-alcohol motifs (C(OH)–C–C–N with tert-alkyl or cyclic N) is 1. The largest absolute Gasteiger partial charge is 0.469 e. The minimum absolute atomic E-state index is 0.0333. The Labute approximate surface area is 258 Å². The number of likely N-dealkylation sites (tertiary alicyclic amines) is 1. The van der Waals surface area contributed by atoms with Crippen LogP contribution < -0.4 is 10.6 Å². The molecule has 0 spiro atoms. The minimum atomic E-state index is -0.798. The van der Waals surface area contributed by atoms with Gasteiger partial charge in [-0.3, -0.25) is 14.4 Å². The highest BCUT2D eigenvalue weighted by Gasteiger charge is 2.41. The average molecular weight is 619 g/mol. The maximum absolute atomic E-state index is 13.8. The van der Waals surface area contributed by atoms with E-state index in [0.29, 0.717) is 13.0 Å². The number of amides is 2. The molecule has 0 radical (unpaired) electrons. The molecular formula is C31H46N4O7S. The van der Waals surface area contributed by atoms with E-state index >= 15 is 0 Å². The number of nitrogens with zero attached hydrogens (tertiary/aromatic N) is 2. The van der Waals surface area contributed by atoms with E-state index in [1.165, 1.54) is 7.11 Å². The van der Waals surface area contributed by atoms with Gasteiger partial charge in [-0.05, 0) is 36.8 Å². The second-order valence-electron chi connectivity index (χ2n) is 11.9. The van der Waals surface area contributed by atoms with Gasteiger partial charge in [0.2, 0.25) is 11.8 Å². The highest BCUT2D eigenvalue weighted by Crippen LogP contribution is 2.29. The summed E-state index contributed by atoms with van der Waals surface area (Å²) in [6.45, 7) is 10.8. The molecule has 1 saturated heterocycles. The Bertz CT molecular complexity index is 1200. The van der Waals surface area contributed by atoms with Crippen LogP contribution in [0.2, 0.25) is 0 Å². The molecule has 0 saturated carbocycles. The van der Waals surface area contributed by atoms with E-state index in [0.717, 1.165) is 21.7 Å². The van der Waals surface area contributed by atoms with Crippen molar-refractivity contribution in [2.24, 2.45) is 5.41 Å². The van der Waals surface area contributed by atoms with Crippen LogP contribution in [0.4, 0.5) is 0 Å². The number of thiazole rings is 1. The summed E-state index contributed by atoms with van der Waals surface area (Å²) in [6.07, 6.45) is -0.0286. The number of hydrogen-bond donors (Lipinski definition) is 3. The van der Waals surface area contributed by atoms with Crippen LogP contribution in [0.1, 0.15) is 57.8 Å². The van der Waals surface area contributed by atoms with Gasteiger partial charge < -0.3 is 34.9 Å². The zero-order valence-corrected chi connectivity index (χ0v) is 26.9. The van der Waals surface area contributed by atoms with Gasteiger partial charge in [0.05, 0.1) is 55.5 Å². The summed E-state index contributed by atoms with van der Waals surface area (Å²) in [5, 5.41) is 16.9. The number of aromatic nitrogens is 1. The normalized spacial score (nSPS) is 18.3. The molecule has 238 valence electrons. The van der Waals surface area contributed by atoms with Crippen LogP contribution in [-0.2, 0) is 28.6 Å². The summed E-state index contributed by atoms with van der Waals surface area (Å²) in [6, 6.07) is 7.41. The first-order chi connectivity index (χ1) is 20.4. The van der Waals surface area contributed by atoms with Gasteiger partial charge in [0, 0.05) is 25.2 Å². The van der Waals surface area contributed by atoms with Crippen LogP contribution in [0.3, 0.4) is 0 Å². The lowest BCUT2D eigenvalue weighted by atomic mass is 9.85. The number of ether oxygens (including phenoxy) is 3. The number of esters is 1. The number of aliphatic hydroxyl groups is 1. The number of hydrogen-bond acceptors (Lipinski definition) is 10. The van der Waals surface area contributed by atoms with Crippen molar-refractivity contribution in [2.45, 2.75) is 71.7 Å². The SMILES string of the molecule is COC(=O)CCOCCOCC(=O)N[C@H](C(=O)N1C[C@H](O)C[C@H]1CN[C@@H](C)c1ccc(-c2scnc2C)cc1)C(C)(C)C. The van der Waals surface area contributed by atoms with E-state index in [-0.39, 0.29) is 63.4 Å². The van der Waals surface area contributed by atoms with Gasteiger partial charge in [-0.15, -0.1) is 11.3 Å². The Morgan fingerprint density at radius 2 is 1.84 bits per heavy atom. The molecule has 1 aliphatic heterocycles. The topological polar surface area (TPSA) is 139 Å². The summed E-state index contributed by atoms with van der Waals surface area (Å²) >= 11 is 1.62. The van der Waals surface area contributed by atoms with Gasteiger partial charge in [-0.1, -0.05) is 45.0 Å². The Morgan fingerprint density at radius 3 is 2.47 bits per heavy atom. The number of aryl methyl sites for hydroxylation is 1. The fraction of sp³-hybridized carbons (Fsp3) is 0.613. The third kappa shape index (κ3) is 10.4. The van der Waals surface area contributed by atoms with Crippen LogP contribution in [0.15, 0.2) is 29.8 Å². The third-order valence-electron chi connectivity index (χ3n) is 7.46. The fourth-order valence-electron chi connectivity index (χ4n) is 4.95. The Kier molecular flexibility index (Phi) is 13.1. The van der Waals surface area contributed by atoms with E-state index in [9.17, 15) is 19.5 Å². The van der Waals surface area contributed by atoms with Gasteiger partial charge >= 0.3 is 5.97 Å². The zero-order valence-electron chi connectivity index (χ0n) is 26.1. The Hall–Kier alpha value is -2.90. The monoisotopic (exact) mass is 618 g/mol. The molecule has 12 heteroatoms. The lowest BCUT2D eigenvalue weighted by Gasteiger charge is -2.36. The van der Waals surface area contributed by atoms with Gasteiger partial charge in [0.1, 0.15) is 12.6 Å². The molecule has 3 N–H and O–H groups in total. The van der Waals surface area contributed by atoms with Crippen molar-refractivity contribution in [3.63, 3.8) is 0 Å². The highest BCUT2D eigenvalue weighted by atomic mass is 32.1. The number of methoxy groups -OCH3 is 1. The first-order valence-electron chi connectivity index (χ1n) is 14.6. The molecule has 11 nitrogen and oxygen atoms in total. The summed E-state index contributed by atoms with van der Waals surface area (Å²) in [7, 11) is 1.32. The van der Waals surface area contributed by atoms with Crippen molar-refractivity contribution in [3.05, 3.63) is 41.0 Å². The molecule has 4 atom stereocenters. The van der Waals surface area contributed by atoms with Crippen LogP contribution in [-0.4, -0.2) is 97.6 Å². The molecular weight excluding hydrogens is 572 g/mol. The summed E-state index contributed by atoms with van der Waals surface area (Å²) in [5.74, 6) is -1.00. The molecule has 1 fully saturated rings. The molecule has 0 aliphatic carbocycles. The van der Waals surface area contributed by atoms with Crippen molar-refractivity contribution in [3.8, 4) is 10.4 Å². The number of benzene rings is 1. The number of nitrogens with one attached hydrogen (secondary N) is 2. The summed E-state index contributed by atoms with van der Waals surface area (Å²) in [4.78, 5) is 44.8. The molecule has 2 aromatic rings. The molecule has 2 heterocycles. The maximum atomic E-state index is 13.8. The van der Waals surface area contributed by atoms with Crippen molar-refractivity contribution >= 4 is 29.1 Å². The number of aliphatic hydroxyl groups excluding tert-OH is 1. The number of rotatable bonds is 15. The Balaban J connectivity index is 1.52. The first kappa shape index (κ1) is 34.6. The van der Waals surface area contributed by atoms with Gasteiger partial charge in [0.15, 0.2) is 0 Å². The predicted octanol–water partition coefficient (Wildman–Crippen LogP) is 2.86. The molecule has 0 unspecified atom stereocenters. The van der Waals surface area contributed by atoms with Crippen LogP contribution in [0.25, 0.3) is 10.4 Å². The molecule has 43 heavy (non-hydrogen) atoms. The van der Waals surface area contributed by atoms with Gasteiger partial charge in [0.25, 0.3) is 0 Å². The standard InChI is InChI=1S/C31H46N4O7S/c1-20(22-7-9-23(10-8-22)28-21(2)33-19-43-28)32-16-24-15-25(36)17-35(24)30(39)29(31(3,4)5)34-26(37)18-42-14-13-41-12-11-27(38)40-6/h7-10,19-20,24-25,29,32,36H,11-18H2,1-6H3,(H,34,37)/t20-,24-,25+,29+/m0/s1. The van der Waals surface area contributed by atoms with E-state index in [1.54, 1.807) is 16.2 Å². The minimum Gasteiger partial charge on any atom is -0.469 e. The van der Waals surface area contributed by atoms with Crippen molar-refractivity contribution in [1.82, 2.24) is 20.5 Å². The van der Waals surface area contributed by atoms with Crippen molar-refractivity contribution < 1.29 is 33.7 Å². The maximum Gasteiger partial charge on any atom is 0.307 e. The second kappa shape index (κ2) is 16.2. The highest BCUT2D eigenvalue weighted by molar-refractivity contribution is 7.13. The summed E-state index contributed by atoms with van der Waals surface area (Å²) < 4.78 is 15.2. The number of carbonyl (C=O) groups is 3. The fourth-order valence-corrected chi connectivity index (χ4v) is 5.76. The molecule has 2 amide bonds. The zero-order chi connectivity index (χ0) is 31.6. The van der Waals surface area contributed by atoms with Gasteiger partial charge in [-0.25, -0.2) is 4.98 Å². The molecule has 3 rings (SSSR count). The van der Waals surface area contributed by atoms with E-state index in [2.05, 4.69) is 51.5 Å². The van der Waals surface area contributed by atoms with E-state index in [1.807, 2.05) is 33.2 Å². The second-order valence-corrected chi connectivity index (χ2v) is 12.8. The van der Waals surface area contributed by atoms with Gasteiger partial charge in [-0.2, -0.15) is 0 Å². The lowest BCUT2D eigenvalue weighted by Crippen LogP contribution is -2.57. The third-order valence-corrected chi connectivity index (χ3v) is 8.43. The quantitative estimate of drug-likeness (QED) is 0.203. The predicted molar refractivity (Wildman–Crippen MR) is 164 cm³/mol. The smallest absolute Gasteiger partial charge is 0.307 e. The van der Waals surface area contributed by atoms with Crippen molar-refractivity contribution in [2.75, 3.05) is 46.6 Å². The molecule has 1 aliphatic rings. The lowest BCUT2D eigenvalue weighted by molar-refractivity contribution is -0.142. The average Bonchev–Trinajstić information content (AvgIpc) is 3.57. The van der Waals surface area contributed by atoms with Crippen LogP contribution >= 0.6 is 11.3 Å². The summed E-state index contributed by atoms with van der Waals surface area (Å²) in [5.41, 5.74) is 4.56. The molecule has 1 aromatic carbocycles. The van der Waals surface area contributed by atoms with Crippen LogP contribution in [0, 0.1) is 12.3 Å². The molecule has 1 aromatic heterocycles. The van der Waals surface area contributed by atoms with Crippen molar-refractivity contribution in [1.29, 1.82) is 0 Å². The van der Waals surface area contributed by atoms with E-state index in [4.69, 9.17) is 9.47 Å². The number of carbonyl (C=O) groups excluding carboxylic acids is 3.